The second kappa shape index (κ2) is 5.90. The van der Waals surface area contributed by atoms with E-state index < -0.39 is 0 Å². The minimum absolute atomic E-state index is 0.0410. The zero-order valence-electron chi connectivity index (χ0n) is 12.9. The number of hydrogen-bond acceptors (Lipinski definition) is 2. The molecule has 0 saturated heterocycles. The molecule has 1 aliphatic heterocycles. The first kappa shape index (κ1) is 14.2. The normalized spacial score (nSPS) is 15.2. The van der Waals surface area contributed by atoms with E-state index in [1.807, 2.05) is 0 Å². The summed E-state index contributed by atoms with van der Waals surface area (Å²) in [5.41, 5.74) is 12.9. The molecule has 2 aromatic carbocycles. The number of ether oxygens (including phenoxy) is 1. The summed E-state index contributed by atoms with van der Waals surface area (Å²) in [6.07, 6.45) is 3.07. The van der Waals surface area contributed by atoms with Crippen molar-refractivity contribution in [2.45, 2.75) is 39.2 Å². The number of rotatable bonds is 3. The molecule has 0 saturated carbocycles. The molecule has 110 valence electrons. The number of fused-ring (bicyclic) bond motifs is 1. The summed E-state index contributed by atoms with van der Waals surface area (Å²) in [6.45, 7) is 5.13. The Morgan fingerprint density at radius 2 is 1.95 bits per heavy atom. The van der Waals surface area contributed by atoms with Gasteiger partial charge < -0.3 is 10.5 Å². The third-order valence-electron chi connectivity index (χ3n) is 4.39. The third kappa shape index (κ3) is 3.11. The summed E-state index contributed by atoms with van der Waals surface area (Å²) >= 11 is 0. The molecule has 2 N–H and O–H groups in total. The summed E-state index contributed by atoms with van der Waals surface area (Å²) in [5, 5.41) is 0. The van der Waals surface area contributed by atoms with Gasteiger partial charge in [-0.15, -0.1) is 0 Å². The van der Waals surface area contributed by atoms with Crippen LogP contribution in [-0.2, 0) is 12.8 Å². The molecule has 2 aromatic rings. The lowest BCUT2D eigenvalue weighted by molar-refractivity contribution is 0.288. The van der Waals surface area contributed by atoms with Crippen molar-refractivity contribution in [1.82, 2.24) is 0 Å². The van der Waals surface area contributed by atoms with Crippen LogP contribution in [0.15, 0.2) is 36.4 Å². The first-order valence-corrected chi connectivity index (χ1v) is 7.71. The van der Waals surface area contributed by atoms with Crippen LogP contribution in [0.2, 0.25) is 0 Å². The minimum atomic E-state index is 0.0410. The van der Waals surface area contributed by atoms with E-state index in [0.29, 0.717) is 0 Å². The van der Waals surface area contributed by atoms with E-state index in [1.54, 1.807) is 0 Å². The zero-order chi connectivity index (χ0) is 14.8. The standard InChI is InChI=1S/C19H23NO/c1-13-5-6-15(10-14(13)2)11-18(20)16-7-8-19-17(12-16)4-3-9-21-19/h5-8,10,12,18H,3-4,9,11,20H2,1-2H3. The second-order valence-corrected chi connectivity index (χ2v) is 6.05. The monoisotopic (exact) mass is 281 g/mol. The Balaban J connectivity index is 1.78. The van der Waals surface area contributed by atoms with Gasteiger partial charge in [-0.25, -0.2) is 0 Å². The van der Waals surface area contributed by atoms with E-state index in [4.69, 9.17) is 10.5 Å². The van der Waals surface area contributed by atoms with Gasteiger partial charge in [0.1, 0.15) is 5.75 Å². The topological polar surface area (TPSA) is 35.2 Å². The Kier molecular flexibility index (Phi) is 3.98. The van der Waals surface area contributed by atoms with Crippen LogP contribution >= 0.6 is 0 Å². The Morgan fingerprint density at radius 3 is 2.76 bits per heavy atom. The Morgan fingerprint density at radius 1 is 1.10 bits per heavy atom. The van der Waals surface area contributed by atoms with Crippen molar-refractivity contribution >= 4 is 0 Å². The van der Waals surface area contributed by atoms with Gasteiger partial charge in [-0.05, 0) is 67.0 Å². The van der Waals surface area contributed by atoms with Crippen molar-refractivity contribution in [3.8, 4) is 5.75 Å². The molecule has 1 heterocycles. The van der Waals surface area contributed by atoms with Crippen LogP contribution in [0.3, 0.4) is 0 Å². The van der Waals surface area contributed by atoms with E-state index in [-0.39, 0.29) is 6.04 Å². The molecule has 0 bridgehead atoms. The average Bonchev–Trinajstić information content (AvgIpc) is 2.50. The molecule has 0 amide bonds. The fourth-order valence-electron chi connectivity index (χ4n) is 2.91. The van der Waals surface area contributed by atoms with Crippen LogP contribution in [0.1, 0.15) is 40.3 Å². The first-order chi connectivity index (χ1) is 10.1. The van der Waals surface area contributed by atoms with E-state index in [1.165, 1.54) is 27.8 Å². The van der Waals surface area contributed by atoms with Crippen LogP contribution in [0.25, 0.3) is 0 Å². The van der Waals surface area contributed by atoms with Gasteiger partial charge in [-0.3, -0.25) is 0 Å². The third-order valence-corrected chi connectivity index (χ3v) is 4.39. The predicted molar refractivity (Wildman–Crippen MR) is 86.8 cm³/mol. The Bertz CT molecular complexity index is 648. The molecule has 3 rings (SSSR count). The molecule has 2 heteroatoms. The van der Waals surface area contributed by atoms with E-state index in [0.717, 1.165) is 31.6 Å². The maximum Gasteiger partial charge on any atom is 0.122 e. The first-order valence-electron chi connectivity index (χ1n) is 7.71. The minimum Gasteiger partial charge on any atom is -0.493 e. The molecule has 1 atom stereocenters. The van der Waals surface area contributed by atoms with Crippen molar-refractivity contribution in [3.05, 3.63) is 64.2 Å². The van der Waals surface area contributed by atoms with E-state index >= 15 is 0 Å². The molecule has 0 spiro atoms. The van der Waals surface area contributed by atoms with Crippen molar-refractivity contribution < 1.29 is 4.74 Å². The SMILES string of the molecule is Cc1ccc(CC(N)c2ccc3c(c2)CCCO3)cc1C. The van der Waals surface area contributed by atoms with Gasteiger partial charge in [0.05, 0.1) is 6.61 Å². The predicted octanol–water partition coefficient (Wildman–Crippen LogP) is 3.87. The van der Waals surface area contributed by atoms with Crippen molar-refractivity contribution in [3.63, 3.8) is 0 Å². The van der Waals surface area contributed by atoms with Gasteiger partial charge in [0.25, 0.3) is 0 Å². The zero-order valence-corrected chi connectivity index (χ0v) is 12.9. The quantitative estimate of drug-likeness (QED) is 0.927. The highest BCUT2D eigenvalue weighted by atomic mass is 16.5. The molecule has 2 nitrogen and oxygen atoms in total. The van der Waals surface area contributed by atoms with Gasteiger partial charge in [0, 0.05) is 6.04 Å². The average molecular weight is 281 g/mol. The van der Waals surface area contributed by atoms with Crippen molar-refractivity contribution in [1.29, 1.82) is 0 Å². The highest BCUT2D eigenvalue weighted by Crippen LogP contribution is 2.28. The lowest BCUT2D eigenvalue weighted by Gasteiger charge is -2.20. The molecular formula is C19H23NO. The summed E-state index contributed by atoms with van der Waals surface area (Å²) in [5.74, 6) is 1.03. The Hall–Kier alpha value is -1.80. The van der Waals surface area contributed by atoms with Crippen LogP contribution < -0.4 is 10.5 Å². The number of nitrogens with two attached hydrogens (primary N) is 1. The largest absolute Gasteiger partial charge is 0.493 e. The maximum atomic E-state index is 6.41. The number of benzene rings is 2. The molecule has 0 aliphatic carbocycles. The lowest BCUT2D eigenvalue weighted by atomic mass is 9.94. The molecule has 21 heavy (non-hydrogen) atoms. The van der Waals surface area contributed by atoms with Crippen molar-refractivity contribution in [2.75, 3.05) is 6.61 Å². The summed E-state index contributed by atoms with van der Waals surface area (Å²) in [4.78, 5) is 0. The highest BCUT2D eigenvalue weighted by Gasteiger charge is 2.14. The smallest absolute Gasteiger partial charge is 0.122 e. The molecule has 0 aromatic heterocycles. The number of hydrogen-bond donors (Lipinski definition) is 1. The fourth-order valence-corrected chi connectivity index (χ4v) is 2.91. The summed E-state index contributed by atoms with van der Waals surface area (Å²) in [7, 11) is 0. The Labute approximate surface area is 126 Å². The van der Waals surface area contributed by atoms with Gasteiger partial charge >= 0.3 is 0 Å². The van der Waals surface area contributed by atoms with Gasteiger partial charge in [0.15, 0.2) is 0 Å². The fraction of sp³-hybridized carbons (Fsp3) is 0.368. The molecule has 1 unspecified atom stereocenters. The van der Waals surface area contributed by atoms with Crippen LogP contribution in [-0.4, -0.2) is 6.61 Å². The van der Waals surface area contributed by atoms with Crippen LogP contribution in [0.5, 0.6) is 5.75 Å². The molecular weight excluding hydrogens is 258 g/mol. The van der Waals surface area contributed by atoms with Crippen LogP contribution in [0, 0.1) is 13.8 Å². The van der Waals surface area contributed by atoms with Gasteiger partial charge in [0.2, 0.25) is 0 Å². The highest BCUT2D eigenvalue weighted by molar-refractivity contribution is 5.40. The van der Waals surface area contributed by atoms with Gasteiger partial charge in [-0.1, -0.05) is 30.3 Å². The summed E-state index contributed by atoms with van der Waals surface area (Å²) in [6, 6.07) is 13.1. The molecule has 0 radical (unpaired) electrons. The summed E-state index contributed by atoms with van der Waals surface area (Å²) < 4.78 is 5.66. The van der Waals surface area contributed by atoms with Crippen molar-refractivity contribution in [2.24, 2.45) is 5.73 Å². The van der Waals surface area contributed by atoms with E-state index in [2.05, 4.69) is 50.2 Å². The second-order valence-electron chi connectivity index (χ2n) is 6.05. The van der Waals surface area contributed by atoms with E-state index in [9.17, 15) is 0 Å². The molecule has 1 aliphatic rings. The lowest BCUT2D eigenvalue weighted by Crippen LogP contribution is -2.15. The van der Waals surface area contributed by atoms with Crippen LogP contribution in [0.4, 0.5) is 0 Å². The maximum absolute atomic E-state index is 6.41. The number of aryl methyl sites for hydroxylation is 3. The molecule has 0 fully saturated rings. The van der Waals surface area contributed by atoms with Gasteiger partial charge in [-0.2, -0.15) is 0 Å².